The Bertz CT molecular complexity index is 537. The number of amides is 1. The van der Waals surface area contributed by atoms with Gasteiger partial charge in [0, 0.05) is 31.2 Å². The first-order chi connectivity index (χ1) is 10.3. The second-order valence-corrected chi connectivity index (χ2v) is 6.68. The predicted molar refractivity (Wildman–Crippen MR) is 87.2 cm³/mol. The van der Waals surface area contributed by atoms with Crippen molar-refractivity contribution in [1.29, 1.82) is 5.41 Å². The zero-order chi connectivity index (χ0) is 16.3. The molecule has 0 aliphatic carbocycles. The Morgan fingerprint density at radius 1 is 1.23 bits per heavy atom. The Balaban J connectivity index is 1.98. The molecule has 5 nitrogen and oxygen atoms in total. The van der Waals surface area contributed by atoms with Crippen LogP contribution < -0.4 is 0 Å². The van der Waals surface area contributed by atoms with Gasteiger partial charge in [-0.3, -0.25) is 5.41 Å². The van der Waals surface area contributed by atoms with E-state index >= 15 is 0 Å². The van der Waals surface area contributed by atoms with E-state index in [1.165, 1.54) is 0 Å². The number of nitrogens with one attached hydrogen (secondary N) is 1. The van der Waals surface area contributed by atoms with Crippen LogP contribution in [0.5, 0.6) is 0 Å². The molecular formula is C17H25N3O2. The summed E-state index contributed by atoms with van der Waals surface area (Å²) in [7, 11) is 0. The highest BCUT2D eigenvalue weighted by atomic mass is 16.6. The Labute approximate surface area is 132 Å². The molecule has 1 heterocycles. The molecular weight excluding hydrogens is 278 g/mol. The van der Waals surface area contributed by atoms with Crippen LogP contribution in [0.15, 0.2) is 30.3 Å². The molecule has 1 fully saturated rings. The monoisotopic (exact) mass is 303 g/mol. The number of carbonyl (C=O) groups excluding carboxylic acids is 1. The van der Waals surface area contributed by atoms with E-state index in [-0.39, 0.29) is 12.1 Å². The lowest BCUT2D eigenvalue weighted by Crippen LogP contribution is -2.56. The first-order valence-corrected chi connectivity index (χ1v) is 7.66. The molecule has 0 aromatic heterocycles. The highest BCUT2D eigenvalue weighted by molar-refractivity contribution is 5.96. The fraction of sp³-hybridized carbons (Fsp3) is 0.529. The maximum absolute atomic E-state index is 12.2. The number of carbonyl (C=O) groups is 1. The molecule has 1 aliphatic heterocycles. The van der Waals surface area contributed by atoms with Crippen LogP contribution in [-0.2, 0) is 4.74 Å². The highest BCUT2D eigenvalue weighted by Crippen LogP contribution is 2.17. The van der Waals surface area contributed by atoms with E-state index < -0.39 is 5.60 Å². The molecule has 5 heteroatoms. The summed E-state index contributed by atoms with van der Waals surface area (Å²) in [4.78, 5) is 16.0. The van der Waals surface area contributed by atoms with Crippen molar-refractivity contribution in [2.45, 2.75) is 39.3 Å². The maximum atomic E-state index is 12.2. The minimum Gasteiger partial charge on any atom is -0.444 e. The van der Waals surface area contributed by atoms with Crippen molar-refractivity contribution in [3.8, 4) is 0 Å². The number of rotatable bonds is 1. The largest absolute Gasteiger partial charge is 0.444 e. The van der Waals surface area contributed by atoms with Gasteiger partial charge >= 0.3 is 6.09 Å². The van der Waals surface area contributed by atoms with Gasteiger partial charge in [0.15, 0.2) is 0 Å². The number of piperazine rings is 1. The molecule has 1 aromatic carbocycles. The van der Waals surface area contributed by atoms with Crippen molar-refractivity contribution >= 4 is 11.9 Å². The number of benzene rings is 1. The van der Waals surface area contributed by atoms with Crippen LogP contribution in [0.3, 0.4) is 0 Å². The van der Waals surface area contributed by atoms with E-state index in [1.807, 2.05) is 62.9 Å². The third-order valence-electron chi connectivity index (χ3n) is 3.62. The summed E-state index contributed by atoms with van der Waals surface area (Å²) in [6, 6.07) is 9.71. The third-order valence-corrected chi connectivity index (χ3v) is 3.62. The molecule has 0 unspecified atom stereocenters. The molecule has 1 saturated heterocycles. The minimum atomic E-state index is -0.481. The van der Waals surface area contributed by atoms with Gasteiger partial charge in [0.1, 0.15) is 11.4 Å². The average molecular weight is 303 g/mol. The zero-order valence-electron chi connectivity index (χ0n) is 13.8. The molecule has 0 bridgehead atoms. The van der Waals surface area contributed by atoms with E-state index in [0.29, 0.717) is 25.5 Å². The Hall–Kier alpha value is -2.04. The van der Waals surface area contributed by atoms with Gasteiger partial charge in [-0.2, -0.15) is 0 Å². The molecule has 1 aromatic rings. The van der Waals surface area contributed by atoms with Crippen LogP contribution in [0.1, 0.15) is 33.3 Å². The SMILES string of the molecule is C[C@H]1CN(C(=N)c2ccccc2)CCN1C(=O)OC(C)(C)C. The van der Waals surface area contributed by atoms with Gasteiger partial charge in [-0.1, -0.05) is 30.3 Å². The van der Waals surface area contributed by atoms with E-state index in [1.54, 1.807) is 4.90 Å². The maximum Gasteiger partial charge on any atom is 0.410 e. The summed E-state index contributed by atoms with van der Waals surface area (Å²) in [6.45, 7) is 9.48. The van der Waals surface area contributed by atoms with E-state index in [9.17, 15) is 4.79 Å². The van der Waals surface area contributed by atoms with Crippen LogP contribution in [0, 0.1) is 5.41 Å². The minimum absolute atomic E-state index is 0.0210. The third kappa shape index (κ3) is 4.00. The van der Waals surface area contributed by atoms with Gasteiger partial charge in [0.25, 0.3) is 0 Å². The van der Waals surface area contributed by atoms with Crippen LogP contribution in [0.4, 0.5) is 4.79 Å². The first kappa shape index (κ1) is 16.3. The molecule has 1 amide bonds. The fourth-order valence-electron chi connectivity index (χ4n) is 2.53. The van der Waals surface area contributed by atoms with Crippen LogP contribution in [0.2, 0.25) is 0 Å². The standard InChI is InChI=1S/C17H25N3O2/c1-13-12-19(15(18)14-8-6-5-7-9-14)10-11-20(13)16(21)22-17(2,3)4/h5-9,13,18H,10-12H2,1-4H3/t13-/m0/s1. The van der Waals surface area contributed by atoms with Crippen molar-refractivity contribution in [3.63, 3.8) is 0 Å². The number of ether oxygens (including phenoxy) is 1. The highest BCUT2D eigenvalue weighted by Gasteiger charge is 2.31. The second-order valence-electron chi connectivity index (χ2n) is 6.68. The predicted octanol–water partition coefficient (Wildman–Crippen LogP) is 2.95. The quantitative estimate of drug-likeness (QED) is 0.641. The molecule has 1 aliphatic rings. The van der Waals surface area contributed by atoms with Crippen LogP contribution in [-0.4, -0.2) is 53.0 Å². The molecule has 2 rings (SSSR count). The van der Waals surface area contributed by atoms with Gasteiger partial charge in [0.05, 0.1) is 0 Å². The van der Waals surface area contributed by atoms with Gasteiger partial charge < -0.3 is 14.5 Å². The van der Waals surface area contributed by atoms with Crippen LogP contribution in [0.25, 0.3) is 0 Å². The molecule has 22 heavy (non-hydrogen) atoms. The van der Waals surface area contributed by atoms with Crippen molar-refractivity contribution in [3.05, 3.63) is 35.9 Å². The normalized spacial score (nSPS) is 19.0. The number of nitrogens with zero attached hydrogens (tertiary/aromatic N) is 2. The van der Waals surface area contributed by atoms with Gasteiger partial charge in [-0.05, 0) is 27.7 Å². The number of amidine groups is 1. The summed E-state index contributed by atoms with van der Waals surface area (Å²) >= 11 is 0. The van der Waals surface area contributed by atoms with Crippen molar-refractivity contribution in [1.82, 2.24) is 9.80 Å². The lowest BCUT2D eigenvalue weighted by atomic mass is 10.1. The summed E-state index contributed by atoms with van der Waals surface area (Å²) in [5.41, 5.74) is 0.422. The first-order valence-electron chi connectivity index (χ1n) is 7.66. The average Bonchev–Trinajstić information content (AvgIpc) is 2.45. The topological polar surface area (TPSA) is 56.6 Å². The Morgan fingerprint density at radius 2 is 1.86 bits per heavy atom. The second kappa shape index (κ2) is 6.38. The van der Waals surface area contributed by atoms with Gasteiger partial charge in [-0.15, -0.1) is 0 Å². The summed E-state index contributed by atoms with van der Waals surface area (Å²) in [5.74, 6) is 0.510. The number of hydrogen-bond donors (Lipinski definition) is 1. The van der Waals surface area contributed by atoms with E-state index in [2.05, 4.69) is 0 Å². The lowest BCUT2D eigenvalue weighted by molar-refractivity contribution is 0.00771. The van der Waals surface area contributed by atoms with Gasteiger partial charge in [-0.25, -0.2) is 4.79 Å². The molecule has 0 radical (unpaired) electrons. The zero-order valence-corrected chi connectivity index (χ0v) is 13.8. The lowest BCUT2D eigenvalue weighted by Gasteiger charge is -2.41. The number of hydrogen-bond acceptors (Lipinski definition) is 3. The van der Waals surface area contributed by atoms with Crippen molar-refractivity contribution in [2.24, 2.45) is 0 Å². The Kier molecular flexibility index (Phi) is 4.74. The molecule has 1 atom stereocenters. The van der Waals surface area contributed by atoms with Gasteiger partial charge in [0.2, 0.25) is 0 Å². The summed E-state index contributed by atoms with van der Waals surface area (Å²) < 4.78 is 5.44. The smallest absolute Gasteiger partial charge is 0.410 e. The molecule has 0 spiro atoms. The molecule has 0 saturated carbocycles. The van der Waals surface area contributed by atoms with E-state index in [0.717, 1.165) is 5.56 Å². The van der Waals surface area contributed by atoms with E-state index in [4.69, 9.17) is 10.1 Å². The molecule has 1 N–H and O–H groups in total. The summed E-state index contributed by atoms with van der Waals surface area (Å²) in [6.07, 6.45) is -0.272. The molecule has 120 valence electrons. The van der Waals surface area contributed by atoms with Crippen molar-refractivity contribution in [2.75, 3.05) is 19.6 Å². The summed E-state index contributed by atoms with van der Waals surface area (Å²) in [5, 5.41) is 8.32. The van der Waals surface area contributed by atoms with Crippen LogP contribution >= 0.6 is 0 Å². The van der Waals surface area contributed by atoms with Crippen molar-refractivity contribution < 1.29 is 9.53 Å². The fourth-order valence-corrected chi connectivity index (χ4v) is 2.53. The Morgan fingerprint density at radius 3 is 2.41 bits per heavy atom.